The number of carbonyl (C=O) groups is 5. The van der Waals surface area contributed by atoms with E-state index in [4.69, 9.17) is 11.5 Å². The van der Waals surface area contributed by atoms with Crippen molar-refractivity contribution in [3.63, 3.8) is 0 Å². The van der Waals surface area contributed by atoms with E-state index in [1.54, 1.807) is 6.92 Å². The third-order valence-corrected chi connectivity index (χ3v) is 2.57. The molecule has 11 nitrogen and oxygen atoms in total. The monoisotopic (exact) mass is 337 g/mol. The molecule has 0 aromatic heterocycles. The molecule has 0 aliphatic carbocycles. The Hall–Kier alpha value is -3.50. The quantitative estimate of drug-likeness (QED) is 0.324. The van der Waals surface area contributed by atoms with Gasteiger partial charge in [-0.1, -0.05) is 5.06 Å². The first-order chi connectivity index (χ1) is 11.3. The van der Waals surface area contributed by atoms with Gasteiger partial charge in [0, 0.05) is 30.8 Å². The van der Waals surface area contributed by atoms with Crippen LogP contribution in [-0.2, 0) is 28.8 Å². The van der Waals surface area contributed by atoms with Crippen molar-refractivity contribution in [3.8, 4) is 0 Å². The minimum atomic E-state index is -0.909. The fourth-order valence-electron chi connectivity index (χ4n) is 1.51. The summed E-state index contributed by atoms with van der Waals surface area (Å²) < 4.78 is 0. The molecule has 2 heterocycles. The van der Waals surface area contributed by atoms with Crippen molar-refractivity contribution in [2.24, 2.45) is 16.5 Å². The topological polar surface area (TPSA) is 165 Å². The average Bonchev–Trinajstić information content (AvgIpc) is 3.01. The van der Waals surface area contributed by atoms with Crippen molar-refractivity contribution >= 4 is 35.6 Å². The second kappa shape index (κ2) is 8.22. The van der Waals surface area contributed by atoms with Crippen LogP contribution in [0.25, 0.3) is 0 Å². The third kappa shape index (κ3) is 5.05. The Balaban J connectivity index is 0.000000272. The Kier molecular flexibility index (Phi) is 6.35. The zero-order valence-electron chi connectivity index (χ0n) is 12.7. The van der Waals surface area contributed by atoms with E-state index in [1.165, 1.54) is 17.1 Å². The van der Waals surface area contributed by atoms with E-state index in [0.717, 1.165) is 12.2 Å². The number of likely N-dealkylation sites (N-methyl/N-ethyl adjacent to an activating group) is 1. The molecule has 4 amide bonds. The molecule has 0 unspecified atom stereocenters. The van der Waals surface area contributed by atoms with E-state index in [0.29, 0.717) is 11.6 Å². The van der Waals surface area contributed by atoms with E-state index in [1.807, 2.05) is 0 Å². The van der Waals surface area contributed by atoms with Crippen LogP contribution in [0.3, 0.4) is 0 Å². The van der Waals surface area contributed by atoms with Crippen molar-refractivity contribution in [2.75, 3.05) is 13.1 Å². The summed E-state index contributed by atoms with van der Waals surface area (Å²) >= 11 is 0. The van der Waals surface area contributed by atoms with E-state index in [2.05, 4.69) is 9.83 Å². The summed E-state index contributed by atoms with van der Waals surface area (Å²) in [6.07, 6.45) is 4.53. The highest BCUT2D eigenvalue weighted by molar-refractivity contribution is 6.13. The minimum Gasteiger partial charge on any atom is -0.370 e. The molecule has 0 saturated heterocycles. The third-order valence-electron chi connectivity index (χ3n) is 2.57. The van der Waals surface area contributed by atoms with Crippen LogP contribution in [0.5, 0.6) is 0 Å². The van der Waals surface area contributed by atoms with Crippen molar-refractivity contribution in [3.05, 3.63) is 24.3 Å². The summed E-state index contributed by atoms with van der Waals surface area (Å²) in [5, 5.41) is 0.324. The van der Waals surface area contributed by atoms with Crippen LogP contribution in [0.1, 0.15) is 6.92 Å². The maximum Gasteiger partial charge on any atom is 0.354 e. The molecule has 4 N–H and O–H groups in total. The Bertz CT molecular complexity index is 626. The SMILES string of the molecule is CCN1C(=O)C=CC1=O.NC(N)=NCC(=O)ON1C(=O)C=CC1=O. The van der Waals surface area contributed by atoms with Crippen LogP contribution < -0.4 is 11.5 Å². The lowest BCUT2D eigenvalue weighted by molar-refractivity contribution is -0.194. The number of hydrogen-bond acceptors (Lipinski definition) is 7. The molecular weight excluding hydrogens is 322 g/mol. The lowest BCUT2D eigenvalue weighted by Crippen LogP contribution is -2.34. The van der Waals surface area contributed by atoms with Gasteiger partial charge in [-0.2, -0.15) is 0 Å². The van der Waals surface area contributed by atoms with Gasteiger partial charge >= 0.3 is 5.97 Å². The largest absolute Gasteiger partial charge is 0.370 e. The van der Waals surface area contributed by atoms with E-state index < -0.39 is 24.3 Å². The second-order valence-corrected chi connectivity index (χ2v) is 4.26. The Morgan fingerprint density at radius 2 is 1.46 bits per heavy atom. The minimum absolute atomic E-state index is 0.206. The molecule has 11 heteroatoms. The van der Waals surface area contributed by atoms with Crippen LogP contribution in [0.15, 0.2) is 29.3 Å². The standard InChI is InChI=1S/C7H8N4O4.C6H7NO2/c8-7(9)10-3-6(14)15-11-4(12)1-2-5(11)13;1-2-7-5(8)3-4-6(7)9/h1-2H,3H2,(H4,8,9,10);3-4H,2H2,1H3. The normalized spacial score (nSPS) is 15.5. The van der Waals surface area contributed by atoms with Gasteiger partial charge in [0.05, 0.1) is 0 Å². The lowest BCUT2D eigenvalue weighted by Gasteiger charge is -2.11. The summed E-state index contributed by atoms with van der Waals surface area (Å²) in [5.41, 5.74) is 9.93. The number of carbonyl (C=O) groups excluding carboxylic acids is 5. The first-order valence-electron chi connectivity index (χ1n) is 6.62. The van der Waals surface area contributed by atoms with Gasteiger partial charge in [-0.25, -0.2) is 9.79 Å². The molecule has 0 radical (unpaired) electrons. The van der Waals surface area contributed by atoms with Gasteiger partial charge in [-0.15, -0.1) is 0 Å². The number of amides is 4. The van der Waals surface area contributed by atoms with Crippen LogP contribution in [-0.4, -0.2) is 58.6 Å². The van der Waals surface area contributed by atoms with Gasteiger partial charge < -0.3 is 16.3 Å². The lowest BCUT2D eigenvalue weighted by atomic mass is 10.5. The second-order valence-electron chi connectivity index (χ2n) is 4.26. The van der Waals surface area contributed by atoms with E-state index >= 15 is 0 Å². The van der Waals surface area contributed by atoms with Crippen molar-refractivity contribution in [1.82, 2.24) is 9.96 Å². The molecule has 0 aromatic rings. The molecule has 0 bridgehead atoms. The molecule has 0 atom stereocenters. The van der Waals surface area contributed by atoms with Gasteiger partial charge in [-0.3, -0.25) is 24.1 Å². The predicted octanol–water partition coefficient (Wildman–Crippen LogP) is -2.43. The smallest absolute Gasteiger partial charge is 0.354 e. The fourth-order valence-corrected chi connectivity index (χ4v) is 1.51. The summed E-state index contributed by atoms with van der Waals surface area (Å²) in [6.45, 7) is 1.77. The number of imide groups is 2. The molecule has 0 spiro atoms. The highest BCUT2D eigenvalue weighted by atomic mass is 16.7. The zero-order chi connectivity index (χ0) is 18.3. The van der Waals surface area contributed by atoms with Gasteiger partial charge in [0.25, 0.3) is 23.6 Å². The van der Waals surface area contributed by atoms with Crippen molar-refractivity contribution in [1.29, 1.82) is 0 Å². The van der Waals surface area contributed by atoms with E-state index in [-0.39, 0.29) is 17.8 Å². The summed E-state index contributed by atoms with van der Waals surface area (Å²) in [4.78, 5) is 63.0. The van der Waals surface area contributed by atoms with E-state index in [9.17, 15) is 24.0 Å². The summed E-state index contributed by atoms with van der Waals surface area (Å²) in [6, 6.07) is 0. The highest BCUT2D eigenvalue weighted by Crippen LogP contribution is 2.04. The van der Waals surface area contributed by atoms with Crippen LogP contribution in [0.4, 0.5) is 0 Å². The number of guanidine groups is 1. The molecule has 24 heavy (non-hydrogen) atoms. The number of nitrogens with two attached hydrogens (primary N) is 2. The van der Waals surface area contributed by atoms with Crippen molar-refractivity contribution in [2.45, 2.75) is 6.92 Å². The molecule has 0 aromatic carbocycles. The Morgan fingerprint density at radius 1 is 1.00 bits per heavy atom. The van der Waals surface area contributed by atoms with Crippen molar-refractivity contribution < 1.29 is 28.8 Å². The van der Waals surface area contributed by atoms with Gasteiger partial charge in [0.2, 0.25) is 0 Å². The predicted molar refractivity (Wildman–Crippen MR) is 79.3 cm³/mol. The first kappa shape index (κ1) is 18.5. The molecule has 2 aliphatic heterocycles. The van der Waals surface area contributed by atoms with Gasteiger partial charge in [-0.05, 0) is 6.92 Å². The number of aliphatic imine (C=N–C) groups is 1. The summed E-state index contributed by atoms with van der Waals surface area (Å²) in [5.74, 6) is -3.06. The van der Waals surface area contributed by atoms with Gasteiger partial charge in [0.15, 0.2) is 5.96 Å². The number of nitrogens with zero attached hydrogens (tertiary/aromatic N) is 3. The molecule has 0 fully saturated rings. The average molecular weight is 337 g/mol. The maximum atomic E-state index is 11.0. The molecule has 2 aliphatic rings. The first-order valence-corrected chi connectivity index (χ1v) is 6.62. The molecule has 2 rings (SSSR count). The maximum absolute atomic E-state index is 11.0. The van der Waals surface area contributed by atoms with Gasteiger partial charge in [0.1, 0.15) is 6.54 Å². The Morgan fingerprint density at radius 3 is 1.83 bits per heavy atom. The molecule has 0 saturated carbocycles. The summed E-state index contributed by atoms with van der Waals surface area (Å²) in [7, 11) is 0. The van der Waals surface area contributed by atoms with Crippen LogP contribution in [0, 0.1) is 0 Å². The molecular formula is C13H15N5O6. The van der Waals surface area contributed by atoms with Crippen LogP contribution >= 0.6 is 0 Å². The zero-order valence-corrected chi connectivity index (χ0v) is 12.7. The Labute approximate surface area is 136 Å². The number of hydrogen-bond donors (Lipinski definition) is 2. The molecule has 128 valence electrons. The number of rotatable bonds is 4. The number of hydroxylamine groups is 2. The highest BCUT2D eigenvalue weighted by Gasteiger charge is 2.27. The van der Waals surface area contributed by atoms with Crippen LogP contribution in [0.2, 0.25) is 0 Å². The fraction of sp³-hybridized carbons (Fsp3) is 0.231.